The van der Waals surface area contributed by atoms with Crippen molar-refractivity contribution < 1.29 is 0 Å². The molecule has 0 bridgehead atoms. The molecule has 0 aliphatic rings. The molecule has 3 aromatic carbocycles. The van der Waals surface area contributed by atoms with Crippen molar-refractivity contribution in [3.63, 3.8) is 0 Å². The van der Waals surface area contributed by atoms with Crippen molar-refractivity contribution in [2.45, 2.75) is 6.54 Å². The Morgan fingerprint density at radius 1 is 0.905 bits per heavy atom. The topological polar surface area (TPSA) is 12.0 Å². The van der Waals surface area contributed by atoms with Gasteiger partial charge in [0.25, 0.3) is 0 Å². The van der Waals surface area contributed by atoms with E-state index in [2.05, 4.69) is 39.4 Å². The summed E-state index contributed by atoms with van der Waals surface area (Å²) in [5.74, 6) is 0. The third-order valence-electron chi connectivity index (χ3n) is 3.36. The van der Waals surface area contributed by atoms with E-state index in [0.717, 1.165) is 15.7 Å². The largest absolute Gasteiger partial charge is 0.380 e. The summed E-state index contributed by atoms with van der Waals surface area (Å²) in [5, 5.41) is 7.13. The fourth-order valence-electron chi connectivity index (χ4n) is 2.27. The molecule has 0 aliphatic carbocycles. The van der Waals surface area contributed by atoms with Crippen LogP contribution in [0.5, 0.6) is 0 Å². The van der Waals surface area contributed by atoms with Crippen LogP contribution in [0.15, 0.2) is 59.1 Å². The molecule has 0 saturated carbocycles. The Kier molecular flexibility index (Phi) is 4.39. The van der Waals surface area contributed by atoms with Gasteiger partial charge in [0.2, 0.25) is 0 Å². The first-order chi connectivity index (χ1) is 10.1. The second-order valence-corrected chi connectivity index (χ2v) is 6.43. The van der Waals surface area contributed by atoms with Gasteiger partial charge in [-0.1, -0.05) is 69.5 Å². The lowest BCUT2D eigenvalue weighted by Crippen LogP contribution is -2.00. The van der Waals surface area contributed by atoms with Crippen LogP contribution >= 0.6 is 39.1 Å². The maximum Gasteiger partial charge on any atom is 0.0470 e. The zero-order valence-corrected chi connectivity index (χ0v) is 14.1. The second kappa shape index (κ2) is 6.27. The van der Waals surface area contributed by atoms with E-state index in [1.54, 1.807) is 6.07 Å². The molecular formula is C17H12BrCl2N. The SMILES string of the molecule is Clc1ccc(CNc2ccc(Br)c3ccccc23)c(Cl)c1. The lowest BCUT2D eigenvalue weighted by atomic mass is 10.1. The number of halogens is 3. The van der Waals surface area contributed by atoms with Crippen molar-refractivity contribution in [2.75, 3.05) is 5.32 Å². The monoisotopic (exact) mass is 379 g/mol. The van der Waals surface area contributed by atoms with E-state index < -0.39 is 0 Å². The molecule has 0 fully saturated rings. The fraction of sp³-hybridized carbons (Fsp3) is 0.0588. The predicted octanol–water partition coefficient (Wildman–Crippen LogP) is 6.52. The number of anilines is 1. The van der Waals surface area contributed by atoms with Crippen molar-refractivity contribution in [3.05, 3.63) is 74.7 Å². The third kappa shape index (κ3) is 3.18. The summed E-state index contributed by atoms with van der Waals surface area (Å²) >= 11 is 15.7. The van der Waals surface area contributed by atoms with Crippen LogP contribution in [0.4, 0.5) is 5.69 Å². The van der Waals surface area contributed by atoms with E-state index in [1.165, 1.54) is 10.8 Å². The van der Waals surface area contributed by atoms with E-state index in [9.17, 15) is 0 Å². The first-order valence-electron chi connectivity index (χ1n) is 6.50. The van der Waals surface area contributed by atoms with Crippen molar-refractivity contribution >= 4 is 55.6 Å². The van der Waals surface area contributed by atoms with Gasteiger partial charge in [0.15, 0.2) is 0 Å². The molecule has 0 aliphatic heterocycles. The average molecular weight is 381 g/mol. The first-order valence-corrected chi connectivity index (χ1v) is 8.05. The van der Waals surface area contributed by atoms with Gasteiger partial charge in [0, 0.05) is 32.1 Å². The maximum absolute atomic E-state index is 6.21. The van der Waals surface area contributed by atoms with Crippen molar-refractivity contribution in [1.29, 1.82) is 0 Å². The highest BCUT2D eigenvalue weighted by Gasteiger charge is 2.05. The number of hydrogen-bond donors (Lipinski definition) is 1. The lowest BCUT2D eigenvalue weighted by Gasteiger charge is -2.12. The lowest BCUT2D eigenvalue weighted by molar-refractivity contribution is 1.15. The van der Waals surface area contributed by atoms with Crippen LogP contribution in [0, 0.1) is 0 Å². The van der Waals surface area contributed by atoms with Gasteiger partial charge in [-0.2, -0.15) is 0 Å². The standard InChI is InChI=1S/C17H12BrCl2N/c18-15-7-8-17(14-4-2-1-3-13(14)15)21-10-11-5-6-12(19)9-16(11)20/h1-9,21H,10H2. The first kappa shape index (κ1) is 14.7. The maximum atomic E-state index is 6.21. The Bertz CT molecular complexity index is 802. The molecule has 0 spiro atoms. The molecule has 106 valence electrons. The summed E-state index contributed by atoms with van der Waals surface area (Å²) in [7, 11) is 0. The quantitative estimate of drug-likeness (QED) is 0.545. The van der Waals surface area contributed by atoms with Gasteiger partial charge >= 0.3 is 0 Å². The molecule has 0 aromatic heterocycles. The molecule has 21 heavy (non-hydrogen) atoms. The average Bonchev–Trinajstić information content (AvgIpc) is 2.48. The number of nitrogens with one attached hydrogen (secondary N) is 1. The number of fused-ring (bicyclic) bond motifs is 1. The van der Waals surface area contributed by atoms with Crippen LogP contribution in [0.2, 0.25) is 10.0 Å². The predicted molar refractivity (Wildman–Crippen MR) is 95.4 cm³/mol. The van der Waals surface area contributed by atoms with Crippen molar-refractivity contribution in [2.24, 2.45) is 0 Å². The molecule has 1 nitrogen and oxygen atoms in total. The highest BCUT2D eigenvalue weighted by atomic mass is 79.9. The molecule has 0 radical (unpaired) electrons. The highest BCUT2D eigenvalue weighted by molar-refractivity contribution is 9.10. The molecule has 4 heteroatoms. The molecule has 3 aromatic rings. The summed E-state index contributed by atoms with van der Waals surface area (Å²) in [6.07, 6.45) is 0. The number of hydrogen-bond acceptors (Lipinski definition) is 1. The Hall–Kier alpha value is -1.22. The summed E-state index contributed by atoms with van der Waals surface area (Å²) < 4.78 is 1.09. The van der Waals surface area contributed by atoms with Crippen LogP contribution in [-0.2, 0) is 6.54 Å². The summed E-state index contributed by atoms with van der Waals surface area (Å²) in [4.78, 5) is 0. The van der Waals surface area contributed by atoms with Gasteiger partial charge in [-0.15, -0.1) is 0 Å². The van der Waals surface area contributed by atoms with Crippen molar-refractivity contribution in [3.8, 4) is 0 Å². The summed E-state index contributed by atoms with van der Waals surface area (Å²) in [6, 6.07) is 17.9. The fourth-order valence-corrected chi connectivity index (χ4v) is 3.23. The van der Waals surface area contributed by atoms with Crippen LogP contribution in [-0.4, -0.2) is 0 Å². The van der Waals surface area contributed by atoms with Crippen molar-refractivity contribution in [1.82, 2.24) is 0 Å². The zero-order chi connectivity index (χ0) is 14.8. The third-order valence-corrected chi connectivity index (χ3v) is 4.63. The molecule has 3 rings (SSSR count). The second-order valence-electron chi connectivity index (χ2n) is 4.73. The zero-order valence-electron chi connectivity index (χ0n) is 11.0. The molecule has 0 unspecified atom stereocenters. The molecule has 1 N–H and O–H groups in total. The minimum absolute atomic E-state index is 0.651. The van der Waals surface area contributed by atoms with E-state index in [0.29, 0.717) is 16.6 Å². The summed E-state index contributed by atoms with van der Waals surface area (Å²) in [5.41, 5.74) is 2.10. The van der Waals surface area contributed by atoms with E-state index in [4.69, 9.17) is 23.2 Å². The Morgan fingerprint density at radius 3 is 2.43 bits per heavy atom. The highest BCUT2D eigenvalue weighted by Crippen LogP contribution is 2.30. The molecule has 0 saturated heterocycles. The van der Waals surface area contributed by atoms with Gasteiger partial charge in [0.1, 0.15) is 0 Å². The minimum Gasteiger partial charge on any atom is -0.380 e. The van der Waals surface area contributed by atoms with E-state index >= 15 is 0 Å². The van der Waals surface area contributed by atoms with Crippen LogP contribution < -0.4 is 5.32 Å². The van der Waals surface area contributed by atoms with Gasteiger partial charge < -0.3 is 5.32 Å². The van der Waals surface area contributed by atoms with E-state index in [1.807, 2.05) is 30.3 Å². The normalized spacial score (nSPS) is 10.8. The Labute approximate surface area is 142 Å². The van der Waals surface area contributed by atoms with Crippen LogP contribution in [0.3, 0.4) is 0 Å². The minimum atomic E-state index is 0.651. The number of benzene rings is 3. The Balaban J connectivity index is 1.90. The van der Waals surface area contributed by atoms with Gasteiger partial charge in [0.05, 0.1) is 0 Å². The Morgan fingerprint density at radius 2 is 1.67 bits per heavy atom. The van der Waals surface area contributed by atoms with Gasteiger partial charge in [-0.3, -0.25) is 0 Å². The molecule has 0 heterocycles. The smallest absolute Gasteiger partial charge is 0.0470 e. The van der Waals surface area contributed by atoms with Crippen LogP contribution in [0.25, 0.3) is 10.8 Å². The number of rotatable bonds is 3. The van der Waals surface area contributed by atoms with Gasteiger partial charge in [-0.05, 0) is 35.2 Å². The molecular weight excluding hydrogens is 369 g/mol. The van der Waals surface area contributed by atoms with E-state index in [-0.39, 0.29) is 0 Å². The van der Waals surface area contributed by atoms with Crippen LogP contribution in [0.1, 0.15) is 5.56 Å². The molecule has 0 amide bonds. The van der Waals surface area contributed by atoms with Gasteiger partial charge in [-0.25, -0.2) is 0 Å². The summed E-state index contributed by atoms with van der Waals surface area (Å²) in [6.45, 7) is 0.654. The molecule has 0 atom stereocenters.